The minimum absolute atomic E-state index is 0.109. The lowest BCUT2D eigenvalue weighted by atomic mass is 10.1. The Morgan fingerprint density at radius 1 is 1.06 bits per heavy atom. The van der Waals surface area contributed by atoms with E-state index in [1.807, 2.05) is 38.1 Å². The number of aromatic nitrogens is 1. The predicted octanol–water partition coefficient (Wildman–Crippen LogP) is 3.30. The molecule has 160 valence electrons. The molecule has 2 amide bonds. The largest absolute Gasteiger partial charge is 0.497 e. The van der Waals surface area contributed by atoms with Crippen molar-refractivity contribution < 1.29 is 14.3 Å². The highest BCUT2D eigenvalue weighted by Gasteiger charge is 2.14. The monoisotopic (exact) mass is 419 g/mol. The van der Waals surface area contributed by atoms with Gasteiger partial charge in [-0.3, -0.25) is 14.4 Å². The van der Waals surface area contributed by atoms with Crippen LogP contribution in [0, 0.1) is 6.92 Å². The summed E-state index contributed by atoms with van der Waals surface area (Å²) in [6.07, 6.45) is 1.55. The van der Waals surface area contributed by atoms with E-state index >= 15 is 0 Å². The first kappa shape index (κ1) is 21.8. The number of hydrogen-bond acceptors (Lipinski definition) is 4. The number of pyridine rings is 1. The van der Waals surface area contributed by atoms with E-state index in [0.717, 1.165) is 16.9 Å². The summed E-state index contributed by atoms with van der Waals surface area (Å²) in [4.78, 5) is 37.0. The van der Waals surface area contributed by atoms with Crippen molar-refractivity contribution in [3.05, 3.63) is 93.9 Å². The molecule has 7 nitrogen and oxygen atoms in total. The summed E-state index contributed by atoms with van der Waals surface area (Å²) in [5.74, 6) is 0.111. The highest BCUT2D eigenvalue weighted by molar-refractivity contribution is 5.97. The number of anilines is 1. The number of rotatable bonds is 7. The van der Waals surface area contributed by atoms with Gasteiger partial charge in [0.05, 0.1) is 13.2 Å². The molecule has 0 radical (unpaired) electrons. The standard InChI is InChI=1S/C24H25N3O4/c1-16-10-11-19(24(30)25-17(2)18-7-6-8-20(13-18)31-3)14-21(16)26-22(28)15-27-12-5-4-9-23(27)29/h4-14,17H,15H2,1-3H3,(H,25,30)(H,26,28)/t17-/m1/s1. The maximum absolute atomic E-state index is 12.8. The summed E-state index contributed by atoms with van der Waals surface area (Å²) >= 11 is 0. The van der Waals surface area contributed by atoms with Crippen molar-refractivity contribution >= 4 is 17.5 Å². The zero-order valence-corrected chi connectivity index (χ0v) is 17.7. The van der Waals surface area contributed by atoms with Gasteiger partial charge in [0, 0.05) is 23.5 Å². The lowest BCUT2D eigenvalue weighted by Gasteiger charge is -2.16. The van der Waals surface area contributed by atoms with Crippen LogP contribution in [-0.2, 0) is 11.3 Å². The van der Waals surface area contributed by atoms with Crippen molar-refractivity contribution in [2.24, 2.45) is 0 Å². The quantitative estimate of drug-likeness (QED) is 0.615. The van der Waals surface area contributed by atoms with E-state index in [1.54, 1.807) is 43.6 Å². The molecule has 1 atom stereocenters. The number of nitrogens with one attached hydrogen (secondary N) is 2. The third kappa shape index (κ3) is 5.60. The molecule has 1 aromatic heterocycles. The van der Waals surface area contributed by atoms with E-state index in [2.05, 4.69) is 10.6 Å². The van der Waals surface area contributed by atoms with Gasteiger partial charge in [-0.05, 0) is 55.3 Å². The summed E-state index contributed by atoms with van der Waals surface area (Å²) in [6, 6.07) is 17.1. The number of aryl methyl sites for hydroxylation is 1. The molecular weight excluding hydrogens is 394 g/mol. The minimum atomic E-state index is -0.348. The highest BCUT2D eigenvalue weighted by atomic mass is 16.5. The number of carbonyl (C=O) groups is 2. The van der Waals surface area contributed by atoms with Crippen LogP contribution in [-0.4, -0.2) is 23.5 Å². The molecule has 0 aliphatic carbocycles. The average Bonchev–Trinajstić information content (AvgIpc) is 2.76. The third-order valence-corrected chi connectivity index (χ3v) is 4.93. The molecule has 0 saturated carbocycles. The van der Waals surface area contributed by atoms with Crippen molar-refractivity contribution in [1.29, 1.82) is 0 Å². The first-order chi connectivity index (χ1) is 14.9. The second-order valence-corrected chi connectivity index (χ2v) is 7.22. The highest BCUT2D eigenvalue weighted by Crippen LogP contribution is 2.21. The molecule has 7 heteroatoms. The van der Waals surface area contributed by atoms with E-state index < -0.39 is 0 Å². The summed E-state index contributed by atoms with van der Waals surface area (Å²) in [7, 11) is 1.60. The Hall–Kier alpha value is -3.87. The molecular formula is C24H25N3O4. The average molecular weight is 419 g/mol. The molecule has 0 unspecified atom stereocenters. The van der Waals surface area contributed by atoms with E-state index in [-0.39, 0.29) is 30.0 Å². The number of benzene rings is 2. The molecule has 2 aromatic carbocycles. The van der Waals surface area contributed by atoms with Gasteiger partial charge in [-0.1, -0.05) is 24.3 Å². The van der Waals surface area contributed by atoms with Crippen LogP contribution in [0.1, 0.15) is 34.5 Å². The van der Waals surface area contributed by atoms with Crippen LogP contribution in [0.25, 0.3) is 0 Å². The maximum atomic E-state index is 12.8. The van der Waals surface area contributed by atoms with Gasteiger partial charge in [0.1, 0.15) is 12.3 Å². The fraction of sp³-hybridized carbons (Fsp3) is 0.208. The van der Waals surface area contributed by atoms with E-state index in [9.17, 15) is 14.4 Å². The summed E-state index contributed by atoms with van der Waals surface area (Å²) in [5.41, 5.74) is 2.42. The molecule has 3 aromatic rings. The van der Waals surface area contributed by atoms with E-state index in [4.69, 9.17) is 4.74 Å². The van der Waals surface area contributed by atoms with Crippen LogP contribution in [0.3, 0.4) is 0 Å². The minimum Gasteiger partial charge on any atom is -0.497 e. The van der Waals surface area contributed by atoms with Gasteiger partial charge in [-0.25, -0.2) is 0 Å². The lowest BCUT2D eigenvalue weighted by Crippen LogP contribution is -2.28. The molecule has 0 saturated heterocycles. The van der Waals surface area contributed by atoms with Crippen LogP contribution in [0.5, 0.6) is 5.75 Å². The van der Waals surface area contributed by atoms with Gasteiger partial charge >= 0.3 is 0 Å². The van der Waals surface area contributed by atoms with Crippen LogP contribution in [0.2, 0.25) is 0 Å². The van der Waals surface area contributed by atoms with Gasteiger partial charge in [-0.15, -0.1) is 0 Å². The van der Waals surface area contributed by atoms with Gasteiger partial charge in [0.25, 0.3) is 11.5 Å². The first-order valence-electron chi connectivity index (χ1n) is 9.88. The summed E-state index contributed by atoms with van der Waals surface area (Å²) in [5, 5.41) is 5.74. The molecule has 0 aliphatic heterocycles. The lowest BCUT2D eigenvalue weighted by molar-refractivity contribution is -0.116. The molecule has 0 aliphatic rings. The number of methoxy groups -OCH3 is 1. The van der Waals surface area contributed by atoms with Gasteiger partial charge < -0.3 is 19.9 Å². The van der Waals surface area contributed by atoms with Crippen molar-refractivity contribution in [2.45, 2.75) is 26.4 Å². The fourth-order valence-electron chi connectivity index (χ4n) is 3.11. The Kier molecular flexibility index (Phi) is 6.87. The smallest absolute Gasteiger partial charge is 0.251 e. The van der Waals surface area contributed by atoms with Crippen molar-refractivity contribution in [3.63, 3.8) is 0 Å². The molecule has 31 heavy (non-hydrogen) atoms. The SMILES string of the molecule is COc1cccc([C@@H](C)NC(=O)c2ccc(C)c(NC(=O)Cn3ccccc3=O)c2)c1. The Labute approximate surface area is 180 Å². The number of carbonyl (C=O) groups excluding carboxylic acids is 2. The topological polar surface area (TPSA) is 89.4 Å². The zero-order valence-electron chi connectivity index (χ0n) is 17.7. The normalized spacial score (nSPS) is 11.5. The number of nitrogens with zero attached hydrogens (tertiary/aromatic N) is 1. The van der Waals surface area contributed by atoms with Crippen molar-refractivity contribution in [2.75, 3.05) is 12.4 Å². The third-order valence-electron chi connectivity index (χ3n) is 4.93. The van der Waals surface area contributed by atoms with Crippen LogP contribution in [0.15, 0.2) is 71.7 Å². The Morgan fingerprint density at radius 2 is 1.87 bits per heavy atom. The Balaban J connectivity index is 1.70. The van der Waals surface area contributed by atoms with Crippen molar-refractivity contribution in [1.82, 2.24) is 9.88 Å². The fourth-order valence-corrected chi connectivity index (χ4v) is 3.11. The number of hydrogen-bond donors (Lipinski definition) is 2. The van der Waals surface area contributed by atoms with Crippen LogP contribution < -0.4 is 20.9 Å². The van der Waals surface area contributed by atoms with E-state index in [0.29, 0.717) is 11.3 Å². The van der Waals surface area contributed by atoms with Gasteiger partial charge in [-0.2, -0.15) is 0 Å². The predicted molar refractivity (Wildman–Crippen MR) is 119 cm³/mol. The van der Waals surface area contributed by atoms with Crippen LogP contribution in [0.4, 0.5) is 5.69 Å². The second kappa shape index (κ2) is 9.75. The number of amides is 2. The molecule has 0 fully saturated rings. The van der Waals surface area contributed by atoms with Gasteiger partial charge in [0.15, 0.2) is 0 Å². The second-order valence-electron chi connectivity index (χ2n) is 7.22. The summed E-state index contributed by atoms with van der Waals surface area (Å²) in [6.45, 7) is 3.62. The Bertz CT molecular complexity index is 1150. The van der Waals surface area contributed by atoms with Crippen molar-refractivity contribution in [3.8, 4) is 5.75 Å². The Morgan fingerprint density at radius 3 is 2.61 bits per heavy atom. The first-order valence-corrected chi connectivity index (χ1v) is 9.88. The van der Waals surface area contributed by atoms with E-state index in [1.165, 1.54) is 10.6 Å². The molecule has 0 bridgehead atoms. The molecule has 2 N–H and O–H groups in total. The number of ether oxygens (including phenoxy) is 1. The zero-order chi connectivity index (χ0) is 22.4. The van der Waals surface area contributed by atoms with Crippen LogP contribution >= 0.6 is 0 Å². The van der Waals surface area contributed by atoms with Gasteiger partial charge in [0.2, 0.25) is 5.91 Å². The maximum Gasteiger partial charge on any atom is 0.251 e. The molecule has 1 heterocycles. The molecule has 0 spiro atoms. The summed E-state index contributed by atoms with van der Waals surface area (Å²) < 4.78 is 6.55. The molecule has 3 rings (SSSR count).